The van der Waals surface area contributed by atoms with E-state index in [4.69, 9.17) is 33.0 Å². The Balaban J connectivity index is 2.11. The van der Waals surface area contributed by atoms with Crippen molar-refractivity contribution in [2.75, 3.05) is 0 Å². The quantitative estimate of drug-likeness (QED) is 0.436. The van der Waals surface area contributed by atoms with Crippen LogP contribution in [0.4, 0.5) is 4.79 Å². The highest BCUT2D eigenvalue weighted by atomic mass is 35.5. The molecule has 5 heteroatoms. The van der Waals surface area contributed by atoms with Crippen LogP contribution in [0.1, 0.15) is 0 Å². The maximum absolute atomic E-state index is 10.9. The maximum Gasteiger partial charge on any atom is 0.511 e. The van der Waals surface area contributed by atoms with Gasteiger partial charge in [0.15, 0.2) is 0 Å². The lowest BCUT2D eigenvalue weighted by Gasteiger charge is -2.10. The number of carbonyl (C=O) groups is 1. The molecule has 0 bridgehead atoms. The van der Waals surface area contributed by atoms with E-state index < -0.39 is 6.16 Å². The molecule has 0 spiro atoms. The number of hydrogen-bond acceptors (Lipinski definition) is 2. The van der Waals surface area contributed by atoms with Gasteiger partial charge in [-0.05, 0) is 64.7 Å². The summed E-state index contributed by atoms with van der Waals surface area (Å²) in [5, 5.41) is 10.2. The summed E-state index contributed by atoms with van der Waals surface area (Å²) in [6.45, 7) is 0. The van der Waals surface area contributed by atoms with Gasteiger partial charge in [0, 0.05) is 10.0 Å². The van der Waals surface area contributed by atoms with E-state index >= 15 is 0 Å². The van der Waals surface area contributed by atoms with Gasteiger partial charge in [-0.3, -0.25) is 0 Å². The van der Waals surface area contributed by atoms with E-state index in [1.165, 1.54) is 0 Å². The van der Waals surface area contributed by atoms with Gasteiger partial charge >= 0.3 is 6.16 Å². The van der Waals surface area contributed by atoms with Gasteiger partial charge in [-0.1, -0.05) is 47.5 Å². The molecular formula is C19H12Cl2O3. The first-order valence-electron chi connectivity index (χ1n) is 7.09. The van der Waals surface area contributed by atoms with Crippen LogP contribution >= 0.6 is 23.2 Å². The molecule has 120 valence electrons. The fourth-order valence-electron chi connectivity index (χ4n) is 2.38. The maximum atomic E-state index is 10.9. The number of hydrogen-bond donors (Lipinski definition) is 1. The highest BCUT2D eigenvalue weighted by molar-refractivity contribution is 6.30. The molecule has 3 nitrogen and oxygen atoms in total. The molecular weight excluding hydrogens is 347 g/mol. The van der Waals surface area contributed by atoms with Crippen molar-refractivity contribution in [2.24, 2.45) is 0 Å². The number of halogens is 2. The summed E-state index contributed by atoms with van der Waals surface area (Å²) in [6.07, 6.45) is -1.36. The van der Waals surface area contributed by atoms with Gasteiger partial charge in [-0.25, -0.2) is 4.79 Å². The third-order valence-corrected chi connectivity index (χ3v) is 3.97. The van der Waals surface area contributed by atoms with Crippen molar-refractivity contribution in [3.8, 4) is 28.0 Å². The van der Waals surface area contributed by atoms with Gasteiger partial charge in [0.25, 0.3) is 0 Å². The number of rotatable bonds is 3. The van der Waals surface area contributed by atoms with Crippen LogP contribution < -0.4 is 4.74 Å². The van der Waals surface area contributed by atoms with Gasteiger partial charge in [-0.15, -0.1) is 0 Å². The molecule has 0 aromatic heterocycles. The first kappa shape index (κ1) is 16.4. The molecule has 0 aliphatic carbocycles. The van der Waals surface area contributed by atoms with Crippen molar-refractivity contribution in [3.05, 3.63) is 76.8 Å². The van der Waals surface area contributed by atoms with Gasteiger partial charge < -0.3 is 9.84 Å². The molecule has 0 radical (unpaired) electrons. The van der Waals surface area contributed by atoms with Crippen LogP contribution in [0, 0.1) is 0 Å². The normalized spacial score (nSPS) is 10.4. The zero-order chi connectivity index (χ0) is 17.1. The van der Waals surface area contributed by atoms with Crippen LogP contribution in [0.3, 0.4) is 0 Å². The lowest BCUT2D eigenvalue weighted by Crippen LogP contribution is -2.03. The second kappa shape index (κ2) is 6.95. The predicted octanol–water partition coefficient (Wildman–Crippen LogP) is 6.38. The van der Waals surface area contributed by atoms with Crippen LogP contribution in [0.25, 0.3) is 22.3 Å². The average Bonchev–Trinajstić information content (AvgIpc) is 2.55. The first-order valence-corrected chi connectivity index (χ1v) is 7.84. The number of benzene rings is 3. The molecule has 0 saturated carbocycles. The Morgan fingerprint density at radius 1 is 0.708 bits per heavy atom. The fraction of sp³-hybridized carbons (Fsp3) is 0. The van der Waals surface area contributed by atoms with E-state index in [9.17, 15) is 4.79 Å². The summed E-state index contributed by atoms with van der Waals surface area (Å²) < 4.78 is 4.85. The Bertz CT molecular complexity index is 808. The zero-order valence-corrected chi connectivity index (χ0v) is 13.9. The van der Waals surface area contributed by atoms with E-state index in [1.807, 2.05) is 30.3 Å². The second-order valence-electron chi connectivity index (χ2n) is 5.13. The summed E-state index contributed by atoms with van der Waals surface area (Å²) in [5.41, 5.74) is 3.47. The van der Waals surface area contributed by atoms with Gasteiger partial charge in [0.2, 0.25) is 0 Å². The van der Waals surface area contributed by atoms with E-state index in [-0.39, 0.29) is 5.75 Å². The molecule has 0 fully saturated rings. The van der Waals surface area contributed by atoms with Crippen LogP contribution in [0.2, 0.25) is 10.0 Å². The SMILES string of the molecule is O=C(O)Oc1cc(-c2ccc(Cl)cc2)cc(-c2ccc(Cl)cc2)c1. The minimum atomic E-state index is -1.36. The number of ether oxygens (including phenoxy) is 1. The Hall–Kier alpha value is -2.49. The Labute approximate surface area is 149 Å². The van der Waals surface area contributed by atoms with Crippen molar-refractivity contribution >= 4 is 29.4 Å². The first-order chi connectivity index (χ1) is 11.5. The molecule has 0 atom stereocenters. The van der Waals surface area contributed by atoms with Crippen molar-refractivity contribution in [3.63, 3.8) is 0 Å². The lowest BCUT2D eigenvalue weighted by atomic mass is 9.98. The molecule has 3 rings (SSSR count). The Kier molecular flexibility index (Phi) is 4.74. The third-order valence-electron chi connectivity index (χ3n) is 3.47. The molecule has 0 saturated heterocycles. The van der Waals surface area contributed by atoms with Crippen molar-refractivity contribution in [1.82, 2.24) is 0 Å². The highest BCUT2D eigenvalue weighted by Gasteiger charge is 2.09. The molecule has 0 aliphatic rings. The molecule has 24 heavy (non-hydrogen) atoms. The zero-order valence-electron chi connectivity index (χ0n) is 12.4. The van der Waals surface area contributed by atoms with Crippen molar-refractivity contribution in [2.45, 2.75) is 0 Å². The second-order valence-corrected chi connectivity index (χ2v) is 6.00. The average molecular weight is 359 g/mol. The van der Waals surface area contributed by atoms with Crippen LogP contribution in [-0.4, -0.2) is 11.3 Å². The van der Waals surface area contributed by atoms with Crippen LogP contribution in [0.5, 0.6) is 5.75 Å². The predicted molar refractivity (Wildman–Crippen MR) is 96.0 cm³/mol. The summed E-state index contributed by atoms with van der Waals surface area (Å²) in [6, 6.07) is 19.9. The molecule has 0 heterocycles. The minimum absolute atomic E-state index is 0.250. The Morgan fingerprint density at radius 3 is 1.50 bits per heavy atom. The van der Waals surface area contributed by atoms with E-state index in [0.717, 1.165) is 22.3 Å². The van der Waals surface area contributed by atoms with E-state index in [1.54, 1.807) is 36.4 Å². The van der Waals surface area contributed by atoms with Crippen molar-refractivity contribution in [1.29, 1.82) is 0 Å². The summed E-state index contributed by atoms with van der Waals surface area (Å²) in [7, 11) is 0. The van der Waals surface area contributed by atoms with Crippen LogP contribution in [-0.2, 0) is 0 Å². The molecule has 3 aromatic rings. The monoisotopic (exact) mass is 358 g/mol. The third kappa shape index (κ3) is 3.88. The largest absolute Gasteiger partial charge is 0.511 e. The van der Waals surface area contributed by atoms with E-state index in [0.29, 0.717) is 10.0 Å². The van der Waals surface area contributed by atoms with Gasteiger partial charge in [0.1, 0.15) is 5.75 Å². The molecule has 0 amide bonds. The topological polar surface area (TPSA) is 46.5 Å². The van der Waals surface area contributed by atoms with Crippen molar-refractivity contribution < 1.29 is 14.6 Å². The van der Waals surface area contributed by atoms with Crippen LogP contribution in [0.15, 0.2) is 66.7 Å². The summed E-state index contributed by atoms with van der Waals surface area (Å²) in [5.74, 6) is 0.250. The molecule has 1 N–H and O–H groups in total. The van der Waals surface area contributed by atoms with E-state index in [2.05, 4.69) is 0 Å². The fourth-order valence-corrected chi connectivity index (χ4v) is 2.63. The molecule has 0 aliphatic heterocycles. The molecule has 0 unspecified atom stereocenters. The highest BCUT2D eigenvalue weighted by Crippen LogP contribution is 2.32. The smallest absolute Gasteiger partial charge is 0.449 e. The lowest BCUT2D eigenvalue weighted by molar-refractivity contribution is 0.144. The standard InChI is InChI=1S/C19H12Cl2O3/c20-16-5-1-12(2-6-16)14-9-15(11-18(10-14)24-19(22)23)13-3-7-17(21)8-4-13/h1-11H,(H,22,23). The Morgan fingerprint density at radius 2 is 1.12 bits per heavy atom. The van der Waals surface area contributed by atoms with Gasteiger partial charge in [0.05, 0.1) is 0 Å². The summed E-state index contributed by atoms with van der Waals surface area (Å²) in [4.78, 5) is 10.9. The van der Waals surface area contributed by atoms with Gasteiger partial charge in [-0.2, -0.15) is 0 Å². The molecule has 3 aromatic carbocycles. The minimum Gasteiger partial charge on any atom is -0.449 e. The summed E-state index contributed by atoms with van der Waals surface area (Å²) >= 11 is 11.9. The number of carboxylic acid groups (broad SMARTS) is 1.